The Kier molecular flexibility index (Phi) is 3.58. The summed E-state index contributed by atoms with van der Waals surface area (Å²) < 4.78 is 1.06. The van der Waals surface area contributed by atoms with Crippen LogP contribution in [0.5, 0.6) is 0 Å². The molecule has 1 amide bonds. The Morgan fingerprint density at radius 1 is 1.40 bits per heavy atom. The van der Waals surface area contributed by atoms with Crippen molar-refractivity contribution >= 4 is 34.2 Å². The van der Waals surface area contributed by atoms with E-state index >= 15 is 0 Å². The molecule has 0 aromatic heterocycles. The van der Waals surface area contributed by atoms with Crippen LogP contribution in [0.15, 0.2) is 24.3 Å². The fraction of sp³-hybridized carbons (Fsp3) is 0.364. The van der Waals surface area contributed by atoms with Gasteiger partial charge < -0.3 is 10.6 Å². The van der Waals surface area contributed by atoms with Crippen molar-refractivity contribution in [2.24, 2.45) is 0 Å². The summed E-state index contributed by atoms with van der Waals surface area (Å²) in [7, 11) is 0. The molecular formula is C11H13IN2O. The molecular weight excluding hydrogens is 303 g/mol. The molecule has 80 valence electrons. The zero-order valence-corrected chi connectivity index (χ0v) is 10.5. The van der Waals surface area contributed by atoms with Gasteiger partial charge in [-0.1, -0.05) is 12.1 Å². The first-order valence-corrected chi connectivity index (χ1v) is 6.11. The van der Waals surface area contributed by atoms with Crippen LogP contribution in [0.3, 0.4) is 0 Å². The standard InChI is InChI=1S/C11H13IN2O/c12-9-3-1-2-4-10(9)14-11(15)7-13-8-5-6-8/h1-4,8,13H,5-7H2,(H,14,15). The predicted molar refractivity (Wildman–Crippen MR) is 68.8 cm³/mol. The minimum Gasteiger partial charge on any atom is -0.324 e. The molecule has 1 fully saturated rings. The number of benzene rings is 1. The lowest BCUT2D eigenvalue weighted by atomic mass is 10.3. The van der Waals surface area contributed by atoms with Crippen LogP contribution in [0.25, 0.3) is 0 Å². The molecule has 4 heteroatoms. The summed E-state index contributed by atoms with van der Waals surface area (Å²) in [5, 5.41) is 6.07. The van der Waals surface area contributed by atoms with Crippen LogP contribution >= 0.6 is 22.6 Å². The highest BCUT2D eigenvalue weighted by molar-refractivity contribution is 14.1. The Labute approximate surface area is 103 Å². The number of rotatable bonds is 4. The number of nitrogens with one attached hydrogen (secondary N) is 2. The molecule has 0 radical (unpaired) electrons. The monoisotopic (exact) mass is 316 g/mol. The van der Waals surface area contributed by atoms with Crippen LogP contribution in [0, 0.1) is 3.57 Å². The van der Waals surface area contributed by atoms with Gasteiger partial charge in [-0.3, -0.25) is 4.79 Å². The first kappa shape index (κ1) is 10.9. The van der Waals surface area contributed by atoms with Crippen molar-refractivity contribution < 1.29 is 4.79 Å². The summed E-state index contributed by atoms with van der Waals surface area (Å²) >= 11 is 2.21. The molecule has 2 N–H and O–H groups in total. The molecule has 3 nitrogen and oxygen atoms in total. The van der Waals surface area contributed by atoms with E-state index in [2.05, 4.69) is 33.2 Å². The van der Waals surface area contributed by atoms with Crippen molar-refractivity contribution in [2.75, 3.05) is 11.9 Å². The maximum absolute atomic E-state index is 11.5. The average Bonchev–Trinajstić information content (AvgIpc) is 3.02. The fourth-order valence-corrected chi connectivity index (χ4v) is 1.80. The van der Waals surface area contributed by atoms with Gasteiger partial charge in [0.25, 0.3) is 0 Å². The van der Waals surface area contributed by atoms with E-state index in [0.29, 0.717) is 12.6 Å². The van der Waals surface area contributed by atoms with Gasteiger partial charge in [0.2, 0.25) is 5.91 Å². The maximum atomic E-state index is 11.5. The normalized spacial score (nSPS) is 15.0. The van der Waals surface area contributed by atoms with Crippen molar-refractivity contribution in [3.63, 3.8) is 0 Å². The lowest BCUT2D eigenvalue weighted by molar-refractivity contribution is -0.115. The maximum Gasteiger partial charge on any atom is 0.238 e. The van der Waals surface area contributed by atoms with E-state index in [1.807, 2.05) is 24.3 Å². The molecule has 15 heavy (non-hydrogen) atoms. The second kappa shape index (κ2) is 4.94. The minimum atomic E-state index is 0.0333. The zero-order valence-electron chi connectivity index (χ0n) is 8.29. The molecule has 2 rings (SSSR count). The molecule has 0 saturated heterocycles. The first-order valence-electron chi connectivity index (χ1n) is 5.03. The second-order valence-electron chi connectivity index (χ2n) is 3.68. The zero-order chi connectivity index (χ0) is 10.7. The molecule has 0 unspecified atom stereocenters. The summed E-state index contributed by atoms with van der Waals surface area (Å²) in [4.78, 5) is 11.5. The molecule has 0 spiro atoms. The molecule has 0 aliphatic heterocycles. The third-order valence-electron chi connectivity index (χ3n) is 2.28. The SMILES string of the molecule is O=C(CNC1CC1)Nc1ccccc1I. The molecule has 1 aromatic carbocycles. The molecule has 1 aliphatic rings. The van der Waals surface area contributed by atoms with Crippen molar-refractivity contribution in [2.45, 2.75) is 18.9 Å². The lowest BCUT2D eigenvalue weighted by Crippen LogP contribution is -2.29. The molecule has 1 aromatic rings. The lowest BCUT2D eigenvalue weighted by Gasteiger charge is -2.07. The van der Waals surface area contributed by atoms with E-state index in [0.717, 1.165) is 9.26 Å². The Morgan fingerprint density at radius 3 is 2.80 bits per heavy atom. The van der Waals surface area contributed by atoms with Crippen molar-refractivity contribution in [1.29, 1.82) is 0 Å². The van der Waals surface area contributed by atoms with Crippen molar-refractivity contribution in [1.82, 2.24) is 5.32 Å². The van der Waals surface area contributed by atoms with Gasteiger partial charge in [0, 0.05) is 9.61 Å². The van der Waals surface area contributed by atoms with E-state index in [9.17, 15) is 4.79 Å². The quantitative estimate of drug-likeness (QED) is 0.834. The number of halogens is 1. The average molecular weight is 316 g/mol. The molecule has 0 bridgehead atoms. The molecule has 0 heterocycles. The van der Waals surface area contributed by atoms with Crippen LogP contribution in [-0.4, -0.2) is 18.5 Å². The van der Waals surface area contributed by atoms with E-state index in [1.165, 1.54) is 12.8 Å². The van der Waals surface area contributed by atoms with Crippen LogP contribution < -0.4 is 10.6 Å². The smallest absolute Gasteiger partial charge is 0.238 e. The van der Waals surface area contributed by atoms with E-state index < -0.39 is 0 Å². The summed E-state index contributed by atoms with van der Waals surface area (Å²) in [6, 6.07) is 8.35. The van der Waals surface area contributed by atoms with Crippen LogP contribution in [0.2, 0.25) is 0 Å². The van der Waals surface area contributed by atoms with Gasteiger partial charge in [-0.15, -0.1) is 0 Å². The van der Waals surface area contributed by atoms with E-state index in [-0.39, 0.29) is 5.91 Å². The fourth-order valence-electron chi connectivity index (χ4n) is 1.28. The van der Waals surface area contributed by atoms with Gasteiger partial charge >= 0.3 is 0 Å². The highest BCUT2D eigenvalue weighted by atomic mass is 127. The number of hydrogen-bond donors (Lipinski definition) is 2. The van der Waals surface area contributed by atoms with Crippen LogP contribution in [0.4, 0.5) is 5.69 Å². The van der Waals surface area contributed by atoms with Gasteiger partial charge in [-0.25, -0.2) is 0 Å². The Balaban J connectivity index is 1.84. The van der Waals surface area contributed by atoms with Crippen molar-refractivity contribution in [3.8, 4) is 0 Å². The first-order chi connectivity index (χ1) is 7.25. The minimum absolute atomic E-state index is 0.0333. The topological polar surface area (TPSA) is 41.1 Å². The summed E-state index contributed by atoms with van der Waals surface area (Å²) in [5.74, 6) is 0.0333. The van der Waals surface area contributed by atoms with Gasteiger partial charge in [-0.05, 0) is 47.6 Å². The van der Waals surface area contributed by atoms with Gasteiger partial charge in [0.05, 0.1) is 12.2 Å². The number of hydrogen-bond acceptors (Lipinski definition) is 2. The molecule has 0 atom stereocenters. The van der Waals surface area contributed by atoms with E-state index in [4.69, 9.17) is 0 Å². The second-order valence-corrected chi connectivity index (χ2v) is 4.85. The van der Waals surface area contributed by atoms with Crippen LogP contribution in [-0.2, 0) is 4.79 Å². The molecule has 1 saturated carbocycles. The number of carbonyl (C=O) groups is 1. The van der Waals surface area contributed by atoms with Gasteiger partial charge in [0.1, 0.15) is 0 Å². The van der Waals surface area contributed by atoms with Crippen LogP contribution in [0.1, 0.15) is 12.8 Å². The Bertz CT molecular complexity index is 363. The summed E-state index contributed by atoms with van der Waals surface area (Å²) in [6.07, 6.45) is 2.41. The van der Waals surface area contributed by atoms with Gasteiger partial charge in [0.15, 0.2) is 0 Å². The Morgan fingerprint density at radius 2 is 2.13 bits per heavy atom. The number of amides is 1. The van der Waals surface area contributed by atoms with Crippen molar-refractivity contribution in [3.05, 3.63) is 27.8 Å². The largest absolute Gasteiger partial charge is 0.324 e. The molecule has 1 aliphatic carbocycles. The number of carbonyl (C=O) groups excluding carboxylic acids is 1. The number of anilines is 1. The highest BCUT2D eigenvalue weighted by Crippen LogP contribution is 2.19. The Hall–Kier alpha value is -0.620. The third-order valence-corrected chi connectivity index (χ3v) is 3.22. The summed E-state index contributed by atoms with van der Waals surface area (Å²) in [5.41, 5.74) is 0.890. The van der Waals surface area contributed by atoms with Gasteiger partial charge in [-0.2, -0.15) is 0 Å². The third kappa shape index (κ3) is 3.46. The number of para-hydroxylation sites is 1. The summed E-state index contributed by atoms with van der Waals surface area (Å²) in [6.45, 7) is 0.412. The predicted octanol–water partition coefficient (Wildman–Crippen LogP) is 1.98. The highest BCUT2D eigenvalue weighted by Gasteiger charge is 2.21. The van der Waals surface area contributed by atoms with E-state index in [1.54, 1.807) is 0 Å².